The molecule has 0 aliphatic heterocycles. The molecule has 1 aromatic carbocycles. The highest BCUT2D eigenvalue weighted by atomic mass is 16.5. The van der Waals surface area contributed by atoms with Crippen LogP contribution in [0.5, 0.6) is 0 Å². The maximum Gasteiger partial charge on any atom is 0.314 e. The Morgan fingerprint density at radius 1 is 1.25 bits per heavy atom. The molecule has 0 saturated heterocycles. The van der Waals surface area contributed by atoms with E-state index in [0.717, 1.165) is 17.5 Å². The van der Waals surface area contributed by atoms with Crippen molar-refractivity contribution in [3.8, 4) is 0 Å². The van der Waals surface area contributed by atoms with E-state index in [1.165, 1.54) is 32.1 Å². The van der Waals surface area contributed by atoms with Gasteiger partial charge in [0.15, 0.2) is 0 Å². The van der Waals surface area contributed by atoms with Crippen molar-refractivity contribution in [1.82, 2.24) is 10.6 Å². The SMILES string of the molecule is Cc1ccccc1C(O)CNC(=O)NCCCOC1CCCCC1. The van der Waals surface area contributed by atoms with Crippen molar-refractivity contribution in [1.29, 1.82) is 0 Å². The molecule has 1 saturated carbocycles. The van der Waals surface area contributed by atoms with Crippen molar-refractivity contribution in [2.45, 2.75) is 57.7 Å². The molecule has 1 aromatic rings. The Balaban J connectivity index is 1.54. The third-order valence-corrected chi connectivity index (χ3v) is 4.52. The lowest BCUT2D eigenvalue weighted by Gasteiger charge is -2.22. The van der Waals surface area contributed by atoms with Gasteiger partial charge in [0.2, 0.25) is 0 Å². The normalized spacial score (nSPS) is 16.6. The summed E-state index contributed by atoms with van der Waals surface area (Å²) >= 11 is 0. The average Bonchev–Trinajstić information content (AvgIpc) is 2.60. The molecule has 1 unspecified atom stereocenters. The van der Waals surface area contributed by atoms with Crippen LogP contribution in [0.1, 0.15) is 55.8 Å². The molecule has 0 bridgehead atoms. The van der Waals surface area contributed by atoms with Gasteiger partial charge in [0, 0.05) is 19.7 Å². The predicted octanol–water partition coefficient (Wildman–Crippen LogP) is 3.07. The molecule has 1 aliphatic carbocycles. The van der Waals surface area contributed by atoms with Crippen LogP contribution >= 0.6 is 0 Å². The van der Waals surface area contributed by atoms with Gasteiger partial charge in [-0.1, -0.05) is 43.5 Å². The Bertz CT molecular complexity index is 501. The van der Waals surface area contributed by atoms with Crippen molar-refractivity contribution in [3.63, 3.8) is 0 Å². The number of amides is 2. The number of carbonyl (C=O) groups excluding carboxylic acids is 1. The summed E-state index contributed by atoms with van der Waals surface area (Å²) in [6.07, 6.45) is 6.75. The molecule has 1 atom stereocenters. The maximum absolute atomic E-state index is 11.8. The fourth-order valence-electron chi connectivity index (χ4n) is 3.08. The number of ether oxygens (including phenoxy) is 1. The highest BCUT2D eigenvalue weighted by Crippen LogP contribution is 2.20. The fraction of sp³-hybridized carbons (Fsp3) is 0.632. The first-order chi connectivity index (χ1) is 11.7. The molecular formula is C19H30N2O3. The monoisotopic (exact) mass is 334 g/mol. The molecule has 0 spiro atoms. The van der Waals surface area contributed by atoms with Crippen molar-refractivity contribution in [2.75, 3.05) is 19.7 Å². The Kier molecular flexibility index (Phi) is 8.05. The lowest BCUT2D eigenvalue weighted by atomic mass is 9.98. The number of hydrogen-bond acceptors (Lipinski definition) is 3. The highest BCUT2D eigenvalue weighted by molar-refractivity contribution is 5.73. The molecular weight excluding hydrogens is 304 g/mol. The number of aliphatic hydroxyl groups excluding tert-OH is 1. The number of benzene rings is 1. The first kappa shape index (κ1) is 18.7. The molecule has 5 nitrogen and oxygen atoms in total. The zero-order valence-corrected chi connectivity index (χ0v) is 14.6. The lowest BCUT2D eigenvalue weighted by molar-refractivity contribution is 0.0275. The van der Waals surface area contributed by atoms with Crippen LogP contribution in [0.25, 0.3) is 0 Å². The van der Waals surface area contributed by atoms with Gasteiger partial charge in [-0.25, -0.2) is 4.79 Å². The molecule has 5 heteroatoms. The van der Waals surface area contributed by atoms with E-state index in [4.69, 9.17) is 4.74 Å². The second-order valence-corrected chi connectivity index (χ2v) is 6.49. The van der Waals surface area contributed by atoms with Crippen LogP contribution in [0.15, 0.2) is 24.3 Å². The number of rotatable bonds is 8. The second kappa shape index (κ2) is 10.3. The van der Waals surface area contributed by atoms with E-state index in [2.05, 4.69) is 10.6 Å². The molecule has 24 heavy (non-hydrogen) atoms. The van der Waals surface area contributed by atoms with E-state index < -0.39 is 6.10 Å². The number of aliphatic hydroxyl groups is 1. The Labute approximate surface area is 144 Å². The highest BCUT2D eigenvalue weighted by Gasteiger charge is 2.13. The predicted molar refractivity (Wildman–Crippen MR) is 95.0 cm³/mol. The van der Waals surface area contributed by atoms with Gasteiger partial charge < -0.3 is 20.5 Å². The van der Waals surface area contributed by atoms with Crippen molar-refractivity contribution < 1.29 is 14.6 Å². The van der Waals surface area contributed by atoms with Gasteiger partial charge in [-0.05, 0) is 37.3 Å². The summed E-state index contributed by atoms with van der Waals surface area (Å²) in [6, 6.07) is 7.40. The van der Waals surface area contributed by atoms with E-state index in [9.17, 15) is 9.90 Å². The van der Waals surface area contributed by atoms with Gasteiger partial charge in [0.05, 0.1) is 12.2 Å². The quantitative estimate of drug-likeness (QED) is 0.640. The summed E-state index contributed by atoms with van der Waals surface area (Å²) in [4.78, 5) is 11.8. The van der Waals surface area contributed by atoms with Gasteiger partial charge in [-0.2, -0.15) is 0 Å². The van der Waals surface area contributed by atoms with Crippen molar-refractivity contribution in [3.05, 3.63) is 35.4 Å². The minimum absolute atomic E-state index is 0.204. The van der Waals surface area contributed by atoms with E-state index in [-0.39, 0.29) is 12.6 Å². The van der Waals surface area contributed by atoms with Crippen LogP contribution in [-0.2, 0) is 4.74 Å². The summed E-state index contributed by atoms with van der Waals surface area (Å²) in [5.41, 5.74) is 1.87. The summed E-state index contributed by atoms with van der Waals surface area (Å²) in [5, 5.41) is 15.6. The fourth-order valence-corrected chi connectivity index (χ4v) is 3.08. The van der Waals surface area contributed by atoms with Crippen LogP contribution in [0.3, 0.4) is 0 Å². The zero-order valence-electron chi connectivity index (χ0n) is 14.6. The molecule has 3 N–H and O–H groups in total. The Hall–Kier alpha value is -1.59. The molecule has 0 aromatic heterocycles. The Morgan fingerprint density at radius 3 is 2.75 bits per heavy atom. The van der Waals surface area contributed by atoms with Gasteiger partial charge in [-0.15, -0.1) is 0 Å². The first-order valence-electron chi connectivity index (χ1n) is 9.03. The van der Waals surface area contributed by atoms with Crippen LogP contribution in [-0.4, -0.2) is 36.9 Å². The van der Waals surface area contributed by atoms with Gasteiger partial charge in [-0.3, -0.25) is 0 Å². The number of urea groups is 1. The largest absolute Gasteiger partial charge is 0.387 e. The van der Waals surface area contributed by atoms with Crippen LogP contribution in [0, 0.1) is 6.92 Å². The summed E-state index contributed by atoms with van der Waals surface area (Å²) in [6.45, 7) is 3.43. The first-order valence-corrected chi connectivity index (χ1v) is 9.03. The van der Waals surface area contributed by atoms with Crippen LogP contribution < -0.4 is 10.6 Å². The number of hydrogen-bond donors (Lipinski definition) is 3. The molecule has 1 fully saturated rings. The van der Waals surface area contributed by atoms with Crippen molar-refractivity contribution in [2.24, 2.45) is 0 Å². The lowest BCUT2D eigenvalue weighted by Crippen LogP contribution is -2.38. The average molecular weight is 334 g/mol. The van der Waals surface area contributed by atoms with Gasteiger partial charge in [0.25, 0.3) is 0 Å². The molecule has 0 radical (unpaired) electrons. The molecule has 1 aliphatic rings. The number of carbonyl (C=O) groups is 1. The molecule has 134 valence electrons. The minimum Gasteiger partial charge on any atom is -0.387 e. The minimum atomic E-state index is -0.688. The van der Waals surface area contributed by atoms with E-state index in [0.29, 0.717) is 19.3 Å². The van der Waals surface area contributed by atoms with E-state index in [1.54, 1.807) is 0 Å². The number of nitrogens with one attached hydrogen (secondary N) is 2. The van der Waals surface area contributed by atoms with Crippen LogP contribution in [0.4, 0.5) is 4.79 Å². The third-order valence-electron chi connectivity index (χ3n) is 4.52. The van der Waals surface area contributed by atoms with Gasteiger partial charge in [0.1, 0.15) is 0 Å². The summed E-state index contributed by atoms with van der Waals surface area (Å²) < 4.78 is 5.82. The molecule has 0 heterocycles. The zero-order chi connectivity index (χ0) is 17.2. The summed E-state index contributed by atoms with van der Waals surface area (Å²) in [5.74, 6) is 0. The second-order valence-electron chi connectivity index (χ2n) is 6.49. The van der Waals surface area contributed by atoms with E-state index in [1.807, 2.05) is 31.2 Å². The topological polar surface area (TPSA) is 70.6 Å². The van der Waals surface area contributed by atoms with Crippen LogP contribution in [0.2, 0.25) is 0 Å². The van der Waals surface area contributed by atoms with Gasteiger partial charge >= 0.3 is 6.03 Å². The standard InChI is InChI=1S/C19H30N2O3/c1-15-8-5-6-11-17(15)18(22)14-21-19(23)20-12-7-13-24-16-9-3-2-4-10-16/h5-6,8,11,16,18,22H,2-4,7,9-10,12-14H2,1H3,(H2,20,21,23). The maximum atomic E-state index is 11.8. The third kappa shape index (κ3) is 6.49. The smallest absolute Gasteiger partial charge is 0.314 e. The molecule has 2 amide bonds. The van der Waals surface area contributed by atoms with E-state index >= 15 is 0 Å². The Morgan fingerprint density at radius 2 is 2.00 bits per heavy atom. The summed E-state index contributed by atoms with van der Waals surface area (Å²) in [7, 11) is 0. The molecule has 2 rings (SSSR count). The number of aryl methyl sites for hydroxylation is 1. The van der Waals surface area contributed by atoms with Crippen molar-refractivity contribution >= 4 is 6.03 Å².